The Hall–Kier alpha value is -0.740. The summed E-state index contributed by atoms with van der Waals surface area (Å²) in [6.07, 6.45) is 0.189. The number of carbonyl (C=O) groups is 1. The monoisotopic (exact) mass is 347 g/mol. The van der Waals surface area contributed by atoms with E-state index < -0.39 is 0 Å². The third-order valence-electron chi connectivity index (χ3n) is 1.95. The molecule has 0 saturated heterocycles. The molecule has 0 atom stereocenters. The maximum atomic E-state index is 11.3. The molecular weight excluding hydrogens is 337 g/mol. The Kier molecular flexibility index (Phi) is 5.09. The van der Waals surface area contributed by atoms with Crippen molar-refractivity contribution in [2.45, 2.75) is 18.2 Å². The Morgan fingerprint density at radius 3 is 2.88 bits per heavy atom. The molecule has 0 unspecified atom stereocenters. The van der Waals surface area contributed by atoms with Gasteiger partial charge in [0.2, 0.25) is 0 Å². The Bertz CT molecular complexity index is 454. The van der Waals surface area contributed by atoms with Gasteiger partial charge in [0.15, 0.2) is 0 Å². The van der Waals surface area contributed by atoms with Crippen LogP contribution in [0.2, 0.25) is 0 Å². The molecule has 1 aromatic rings. The van der Waals surface area contributed by atoms with Gasteiger partial charge in [0.05, 0.1) is 18.6 Å². The summed E-state index contributed by atoms with van der Waals surface area (Å²) in [5, 5.41) is 8.94. The Morgan fingerprint density at radius 2 is 2.31 bits per heavy atom. The highest BCUT2D eigenvalue weighted by Crippen LogP contribution is 2.23. The summed E-state index contributed by atoms with van der Waals surface area (Å²) >= 11 is 6.23. The van der Waals surface area contributed by atoms with Gasteiger partial charge in [-0.1, -0.05) is 6.07 Å². The van der Waals surface area contributed by atoms with Crippen molar-refractivity contribution in [3.8, 4) is 6.07 Å². The molecule has 0 radical (unpaired) electrons. The van der Waals surface area contributed by atoms with E-state index in [2.05, 4.69) is 18.7 Å². The molecule has 0 aliphatic rings. The Balaban J connectivity index is 2.99. The lowest BCUT2D eigenvalue weighted by Crippen LogP contribution is -2.09. The fourth-order valence-corrected chi connectivity index (χ4v) is 2.45. The number of halogens is 1. The van der Waals surface area contributed by atoms with Crippen molar-refractivity contribution in [2.75, 3.05) is 6.61 Å². The maximum absolute atomic E-state index is 11.3. The summed E-state index contributed by atoms with van der Waals surface area (Å²) in [5.74, 6) is -0.281. The first kappa shape index (κ1) is 13.3. The fraction of sp³-hybridized carbons (Fsp3) is 0.273. The van der Waals surface area contributed by atoms with Crippen molar-refractivity contribution in [2.24, 2.45) is 0 Å². The average molecular weight is 347 g/mol. The van der Waals surface area contributed by atoms with Crippen molar-refractivity contribution in [3.63, 3.8) is 0 Å². The Labute approximate surface area is 113 Å². The summed E-state index contributed by atoms with van der Waals surface area (Å²) in [4.78, 5) is 11.9. The zero-order chi connectivity index (χ0) is 12.1. The number of esters is 1. The van der Waals surface area contributed by atoms with Crippen LogP contribution in [0.4, 0.5) is 0 Å². The van der Waals surface area contributed by atoms with E-state index in [1.165, 1.54) is 0 Å². The van der Waals surface area contributed by atoms with Gasteiger partial charge in [-0.05, 0) is 41.1 Å². The molecule has 84 valence electrons. The maximum Gasteiger partial charge on any atom is 0.310 e. The normalized spacial score (nSPS) is 9.62. The largest absolute Gasteiger partial charge is 0.466 e. The molecule has 1 rings (SSSR count). The molecule has 0 fully saturated rings. The van der Waals surface area contributed by atoms with Gasteiger partial charge < -0.3 is 4.74 Å². The van der Waals surface area contributed by atoms with Crippen molar-refractivity contribution < 1.29 is 9.53 Å². The van der Waals surface area contributed by atoms with Gasteiger partial charge in [0, 0.05) is 8.47 Å². The molecular formula is C11H10INO2S. The minimum Gasteiger partial charge on any atom is -0.466 e. The van der Waals surface area contributed by atoms with Crippen LogP contribution in [0.3, 0.4) is 0 Å². The molecule has 16 heavy (non-hydrogen) atoms. The highest BCUT2D eigenvalue weighted by molar-refractivity contribution is 14.1. The van der Waals surface area contributed by atoms with Gasteiger partial charge in [0.1, 0.15) is 6.07 Å². The SMILES string of the molecule is CCOC(=O)Cc1ccc(S)c(C#N)c1I. The molecule has 3 nitrogen and oxygen atoms in total. The highest BCUT2D eigenvalue weighted by atomic mass is 127. The zero-order valence-electron chi connectivity index (χ0n) is 8.66. The molecule has 0 aliphatic heterocycles. The van der Waals surface area contributed by atoms with Gasteiger partial charge >= 0.3 is 5.97 Å². The van der Waals surface area contributed by atoms with Gasteiger partial charge in [-0.15, -0.1) is 12.6 Å². The van der Waals surface area contributed by atoms with Crippen LogP contribution in [0, 0.1) is 14.9 Å². The summed E-state index contributed by atoms with van der Waals surface area (Å²) in [6.45, 7) is 2.13. The van der Waals surface area contributed by atoms with Gasteiger partial charge in [0.25, 0.3) is 0 Å². The molecule has 0 heterocycles. The van der Waals surface area contributed by atoms with Gasteiger partial charge in [-0.25, -0.2) is 0 Å². The van der Waals surface area contributed by atoms with E-state index in [0.717, 1.165) is 9.13 Å². The minimum atomic E-state index is -0.281. The van der Waals surface area contributed by atoms with E-state index in [1.54, 1.807) is 19.1 Å². The van der Waals surface area contributed by atoms with Crippen LogP contribution in [0.25, 0.3) is 0 Å². The quantitative estimate of drug-likeness (QED) is 0.519. The van der Waals surface area contributed by atoms with Crippen LogP contribution >= 0.6 is 35.2 Å². The van der Waals surface area contributed by atoms with Crippen molar-refractivity contribution >= 4 is 41.2 Å². The number of carbonyl (C=O) groups excluding carboxylic acids is 1. The second-order valence-electron chi connectivity index (χ2n) is 3.03. The van der Waals surface area contributed by atoms with Crippen molar-refractivity contribution in [1.29, 1.82) is 5.26 Å². The molecule has 1 aromatic carbocycles. The van der Waals surface area contributed by atoms with Crippen LogP contribution in [-0.4, -0.2) is 12.6 Å². The number of ether oxygens (including phenoxy) is 1. The molecule has 0 aromatic heterocycles. The summed E-state index contributed by atoms with van der Waals surface area (Å²) in [5.41, 5.74) is 1.30. The van der Waals surface area contributed by atoms with E-state index in [4.69, 9.17) is 10.00 Å². The number of nitrogens with zero attached hydrogens (tertiary/aromatic N) is 1. The topological polar surface area (TPSA) is 50.1 Å². The van der Waals surface area contributed by atoms with Crippen LogP contribution in [0.5, 0.6) is 0 Å². The minimum absolute atomic E-state index is 0.189. The van der Waals surface area contributed by atoms with E-state index in [0.29, 0.717) is 17.1 Å². The smallest absolute Gasteiger partial charge is 0.310 e. The lowest BCUT2D eigenvalue weighted by Gasteiger charge is -2.07. The van der Waals surface area contributed by atoms with Gasteiger partial charge in [-0.2, -0.15) is 5.26 Å². The van der Waals surface area contributed by atoms with E-state index >= 15 is 0 Å². The van der Waals surface area contributed by atoms with Crippen LogP contribution in [-0.2, 0) is 16.0 Å². The molecule has 0 amide bonds. The first-order valence-corrected chi connectivity index (χ1v) is 6.18. The predicted octanol–water partition coefficient (Wildman–Crippen LogP) is 2.56. The third-order valence-corrected chi connectivity index (χ3v) is 3.56. The van der Waals surface area contributed by atoms with E-state index in [-0.39, 0.29) is 12.4 Å². The molecule has 0 bridgehead atoms. The summed E-state index contributed by atoms with van der Waals surface area (Å²) < 4.78 is 5.62. The molecule has 0 spiro atoms. The molecule has 5 heteroatoms. The number of thiol groups is 1. The van der Waals surface area contributed by atoms with Crippen LogP contribution in [0.1, 0.15) is 18.1 Å². The Morgan fingerprint density at radius 1 is 1.62 bits per heavy atom. The molecule has 0 aliphatic carbocycles. The van der Waals surface area contributed by atoms with Gasteiger partial charge in [-0.3, -0.25) is 4.79 Å². The average Bonchev–Trinajstić information content (AvgIpc) is 2.23. The fourth-order valence-electron chi connectivity index (χ4n) is 1.22. The van der Waals surface area contributed by atoms with Crippen LogP contribution < -0.4 is 0 Å². The second-order valence-corrected chi connectivity index (χ2v) is 4.59. The number of nitriles is 1. The number of rotatable bonds is 3. The second kappa shape index (κ2) is 6.11. The predicted molar refractivity (Wildman–Crippen MR) is 71.5 cm³/mol. The summed E-state index contributed by atoms with van der Waals surface area (Å²) in [7, 11) is 0. The lowest BCUT2D eigenvalue weighted by atomic mass is 10.1. The first-order chi connectivity index (χ1) is 7.60. The summed E-state index contributed by atoms with van der Waals surface area (Å²) in [6, 6.07) is 5.59. The lowest BCUT2D eigenvalue weighted by molar-refractivity contribution is -0.142. The molecule has 0 N–H and O–H groups in total. The zero-order valence-corrected chi connectivity index (χ0v) is 11.7. The van der Waals surface area contributed by atoms with Crippen LogP contribution in [0.15, 0.2) is 17.0 Å². The first-order valence-electron chi connectivity index (χ1n) is 4.66. The van der Waals surface area contributed by atoms with E-state index in [1.807, 2.05) is 22.6 Å². The number of hydrogen-bond acceptors (Lipinski definition) is 4. The number of benzene rings is 1. The van der Waals surface area contributed by atoms with Crippen molar-refractivity contribution in [3.05, 3.63) is 26.8 Å². The third kappa shape index (κ3) is 3.12. The highest BCUT2D eigenvalue weighted by Gasteiger charge is 2.12. The molecule has 0 saturated carbocycles. The van der Waals surface area contributed by atoms with E-state index in [9.17, 15) is 4.79 Å². The van der Waals surface area contributed by atoms with Crippen molar-refractivity contribution in [1.82, 2.24) is 0 Å². The number of hydrogen-bond donors (Lipinski definition) is 1. The standard InChI is InChI=1S/C11H10INO2S/c1-2-15-10(14)5-7-3-4-9(16)8(6-13)11(7)12/h3-4,16H,2,5H2,1H3.